The highest BCUT2D eigenvalue weighted by Crippen LogP contribution is 2.25. The van der Waals surface area contributed by atoms with Gasteiger partial charge in [0.1, 0.15) is 11.6 Å². The molecule has 3 aromatic heterocycles. The highest BCUT2D eigenvalue weighted by Gasteiger charge is 2.16. The van der Waals surface area contributed by atoms with Gasteiger partial charge in [0.15, 0.2) is 11.2 Å². The number of fused-ring (bicyclic) bond motifs is 1. The molecule has 1 saturated heterocycles. The van der Waals surface area contributed by atoms with Crippen LogP contribution >= 0.6 is 0 Å². The van der Waals surface area contributed by atoms with Crippen LogP contribution in [0.25, 0.3) is 22.7 Å². The predicted molar refractivity (Wildman–Crippen MR) is 124 cm³/mol. The Morgan fingerprint density at radius 1 is 1.15 bits per heavy atom. The molecule has 0 saturated carbocycles. The number of anilines is 1. The SMILES string of the molecule is COc1cc(C(=O)Nc2cc(-c3nc4ncccc4o3)ccn2)ccc1CN1CCNCC1. The Bertz CT molecular complexity index is 1250. The second-order valence-electron chi connectivity index (χ2n) is 7.78. The van der Waals surface area contributed by atoms with Crippen molar-refractivity contribution >= 4 is 23.0 Å². The second-order valence-corrected chi connectivity index (χ2v) is 7.78. The van der Waals surface area contributed by atoms with Gasteiger partial charge in [0, 0.05) is 61.8 Å². The Kier molecular flexibility index (Phi) is 5.97. The van der Waals surface area contributed by atoms with Crippen molar-refractivity contribution in [1.82, 2.24) is 25.2 Å². The molecule has 4 heterocycles. The van der Waals surface area contributed by atoms with Crippen molar-refractivity contribution in [2.24, 2.45) is 0 Å². The molecule has 0 aliphatic carbocycles. The average Bonchev–Trinajstić information content (AvgIpc) is 3.29. The lowest BCUT2D eigenvalue weighted by molar-refractivity contribution is 0.102. The van der Waals surface area contributed by atoms with E-state index in [1.165, 1.54) is 0 Å². The molecule has 1 amide bonds. The third kappa shape index (κ3) is 4.69. The van der Waals surface area contributed by atoms with Crippen molar-refractivity contribution in [1.29, 1.82) is 0 Å². The number of nitrogens with one attached hydrogen (secondary N) is 2. The number of ether oxygens (including phenoxy) is 1. The lowest BCUT2D eigenvalue weighted by Crippen LogP contribution is -2.42. The van der Waals surface area contributed by atoms with E-state index in [1.54, 1.807) is 43.8 Å². The monoisotopic (exact) mass is 444 g/mol. The lowest BCUT2D eigenvalue weighted by atomic mass is 10.1. The third-order valence-electron chi connectivity index (χ3n) is 5.57. The van der Waals surface area contributed by atoms with Crippen LogP contribution in [0.1, 0.15) is 15.9 Å². The lowest BCUT2D eigenvalue weighted by Gasteiger charge is -2.27. The number of carbonyl (C=O) groups is 1. The summed E-state index contributed by atoms with van der Waals surface area (Å²) in [5, 5.41) is 6.20. The summed E-state index contributed by atoms with van der Waals surface area (Å²) in [7, 11) is 1.62. The molecule has 0 bridgehead atoms. The molecule has 1 aromatic carbocycles. The molecule has 4 aromatic rings. The molecule has 9 heteroatoms. The maximum atomic E-state index is 12.9. The smallest absolute Gasteiger partial charge is 0.256 e. The number of hydrogen-bond donors (Lipinski definition) is 2. The van der Waals surface area contributed by atoms with Crippen LogP contribution in [-0.4, -0.2) is 59.0 Å². The molecule has 33 heavy (non-hydrogen) atoms. The van der Waals surface area contributed by atoms with E-state index in [4.69, 9.17) is 9.15 Å². The maximum Gasteiger partial charge on any atom is 0.256 e. The number of rotatable bonds is 6. The van der Waals surface area contributed by atoms with Crippen molar-refractivity contribution in [3.05, 3.63) is 66.0 Å². The van der Waals surface area contributed by atoms with Crippen molar-refractivity contribution < 1.29 is 13.9 Å². The Hall–Kier alpha value is -3.82. The van der Waals surface area contributed by atoms with Crippen molar-refractivity contribution in [3.63, 3.8) is 0 Å². The number of methoxy groups -OCH3 is 1. The zero-order chi connectivity index (χ0) is 22.6. The molecule has 1 aliphatic rings. The zero-order valence-electron chi connectivity index (χ0n) is 18.2. The van der Waals surface area contributed by atoms with Gasteiger partial charge in [-0.2, -0.15) is 4.98 Å². The fourth-order valence-corrected chi connectivity index (χ4v) is 3.84. The van der Waals surface area contributed by atoms with Crippen LogP contribution in [0.4, 0.5) is 5.82 Å². The molecule has 0 atom stereocenters. The maximum absolute atomic E-state index is 12.9. The average molecular weight is 444 g/mol. The molecule has 2 N–H and O–H groups in total. The summed E-state index contributed by atoms with van der Waals surface area (Å²) in [6.45, 7) is 4.73. The summed E-state index contributed by atoms with van der Waals surface area (Å²) in [6.07, 6.45) is 3.26. The minimum Gasteiger partial charge on any atom is -0.496 e. The van der Waals surface area contributed by atoms with E-state index >= 15 is 0 Å². The minimum absolute atomic E-state index is 0.272. The molecule has 1 fully saturated rings. The molecule has 0 radical (unpaired) electrons. The Morgan fingerprint density at radius 3 is 2.85 bits per heavy atom. The number of pyridine rings is 2. The fraction of sp³-hybridized carbons (Fsp3) is 0.250. The molecular formula is C24H24N6O3. The highest BCUT2D eigenvalue weighted by molar-refractivity contribution is 6.04. The first-order valence-electron chi connectivity index (χ1n) is 10.8. The summed E-state index contributed by atoms with van der Waals surface area (Å²) in [6, 6.07) is 12.6. The quantitative estimate of drug-likeness (QED) is 0.468. The van der Waals surface area contributed by atoms with Crippen LogP contribution in [0.5, 0.6) is 5.75 Å². The van der Waals surface area contributed by atoms with E-state index in [0.29, 0.717) is 39.8 Å². The Morgan fingerprint density at radius 2 is 2.03 bits per heavy atom. The van der Waals surface area contributed by atoms with Gasteiger partial charge in [-0.3, -0.25) is 9.69 Å². The molecule has 168 valence electrons. The number of aromatic nitrogens is 3. The number of amides is 1. The molecule has 9 nitrogen and oxygen atoms in total. The topological polar surface area (TPSA) is 105 Å². The largest absolute Gasteiger partial charge is 0.496 e. The first kappa shape index (κ1) is 21.0. The Labute approximate surface area is 190 Å². The first-order chi connectivity index (χ1) is 16.2. The van der Waals surface area contributed by atoms with E-state index in [2.05, 4.69) is 30.5 Å². The molecular weight excluding hydrogens is 420 g/mol. The summed E-state index contributed by atoms with van der Waals surface area (Å²) >= 11 is 0. The van der Waals surface area contributed by atoms with Crippen LogP contribution in [0.3, 0.4) is 0 Å². The molecule has 1 aliphatic heterocycles. The molecule has 0 unspecified atom stereocenters. The number of piperazine rings is 1. The number of hydrogen-bond acceptors (Lipinski definition) is 8. The van der Waals surface area contributed by atoms with Gasteiger partial charge in [0.2, 0.25) is 5.89 Å². The van der Waals surface area contributed by atoms with Gasteiger partial charge in [-0.15, -0.1) is 0 Å². The summed E-state index contributed by atoms with van der Waals surface area (Å²) in [5.74, 6) is 1.24. The van der Waals surface area contributed by atoms with E-state index in [9.17, 15) is 4.79 Å². The second kappa shape index (κ2) is 9.35. The van der Waals surface area contributed by atoms with E-state index < -0.39 is 0 Å². The first-order valence-corrected chi connectivity index (χ1v) is 10.8. The Balaban J connectivity index is 1.32. The molecule has 0 spiro atoms. The van der Waals surface area contributed by atoms with E-state index in [-0.39, 0.29) is 5.91 Å². The van der Waals surface area contributed by atoms with Gasteiger partial charge in [-0.05, 0) is 36.4 Å². The minimum atomic E-state index is -0.272. The van der Waals surface area contributed by atoms with Crippen LogP contribution in [0, 0.1) is 0 Å². The molecule has 5 rings (SSSR count). The number of oxazole rings is 1. The van der Waals surface area contributed by atoms with Crippen LogP contribution in [0.15, 0.2) is 59.3 Å². The van der Waals surface area contributed by atoms with Gasteiger partial charge in [-0.1, -0.05) is 6.07 Å². The van der Waals surface area contributed by atoms with Gasteiger partial charge in [-0.25, -0.2) is 9.97 Å². The van der Waals surface area contributed by atoms with Crippen molar-refractivity contribution in [2.75, 3.05) is 38.6 Å². The van der Waals surface area contributed by atoms with Crippen LogP contribution in [0.2, 0.25) is 0 Å². The number of carbonyl (C=O) groups excluding carboxylic acids is 1. The normalized spacial score (nSPS) is 14.3. The number of benzene rings is 1. The van der Waals surface area contributed by atoms with Crippen molar-refractivity contribution in [3.8, 4) is 17.2 Å². The van der Waals surface area contributed by atoms with Crippen LogP contribution < -0.4 is 15.4 Å². The summed E-state index contributed by atoms with van der Waals surface area (Å²) < 4.78 is 11.3. The van der Waals surface area contributed by atoms with Crippen molar-refractivity contribution in [2.45, 2.75) is 6.54 Å². The summed E-state index contributed by atoms with van der Waals surface area (Å²) in [4.78, 5) is 28.1. The van der Waals surface area contributed by atoms with Gasteiger partial charge in [0.25, 0.3) is 5.91 Å². The highest BCUT2D eigenvalue weighted by atomic mass is 16.5. The van der Waals surface area contributed by atoms with Gasteiger partial charge >= 0.3 is 0 Å². The number of nitrogens with zero attached hydrogens (tertiary/aromatic N) is 4. The zero-order valence-corrected chi connectivity index (χ0v) is 18.2. The standard InChI is InChI=1S/C24H24N6O3/c1-32-20-13-16(4-5-18(20)15-30-11-9-25-10-12-30)23(31)28-21-14-17(6-8-26-21)24-29-22-19(33-24)3-2-7-27-22/h2-8,13-14,25H,9-12,15H2,1H3,(H,26,28,31). The van der Waals surface area contributed by atoms with Crippen LogP contribution in [-0.2, 0) is 6.54 Å². The predicted octanol–water partition coefficient (Wildman–Crippen LogP) is 2.95. The van der Waals surface area contributed by atoms with E-state index in [0.717, 1.165) is 38.3 Å². The van der Waals surface area contributed by atoms with Gasteiger partial charge < -0.3 is 19.8 Å². The summed E-state index contributed by atoms with van der Waals surface area (Å²) in [5.41, 5.74) is 3.38. The van der Waals surface area contributed by atoms with Gasteiger partial charge in [0.05, 0.1) is 7.11 Å². The third-order valence-corrected chi connectivity index (χ3v) is 5.57. The van der Waals surface area contributed by atoms with E-state index in [1.807, 2.05) is 18.2 Å². The fourth-order valence-electron chi connectivity index (χ4n) is 3.84.